The fourth-order valence-electron chi connectivity index (χ4n) is 3.19. The second kappa shape index (κ2) is 8.71. The van der Waals surface area contributed by atoms with Gasteiger partial charge in [0.25, 0.3) is 0 Å². The van der Waals surface area contributed by atoms with Crippen molar-refractivity contribution in [1.29, 1.82) is 0 Å². The Hall–Kier alpha value is -2.13. The van der Waals surface area contributed by atoms with E-state index in [0.29, 0.717) is 42.2 Å². The Morgan fingerprint density at radius 1 is 1.38 bits per heavy atom. The molecule has 10 heteroatoms. The van der Waals surface area contributed by atoms with Crippen molar-refractivity contribution >= 4 is 62.5 Å². The van der Waals surface area contributed by atoms with Gasteiger partial charge in [-0.25, -0.2) is 4.98 Å². The van der Waals surface area contributed by atoms with Crippen LogP contribution in [0.1, 0.15) is 5.56 Å². The summed E-state index contributed by atoms with van der Waals surface area (Å²) in [5.41, 5.74) is 1.78. The molecule has 1 saturated heterocycles. The number of ether oxygens (including phenoxy) is 1. The zero-order valence-electron chi connectivity index (χ0n) is 15.6. The number of hydrogen-bond acceptors (Lipinski definition) is 8. The molecule has 0 radical (unpaired) electrons. The van der Waals surface area contributed by atoms with Gasteiger partial charge in [0.15, 0.2) is 0 Å². The van der Waals surface area contributed by atoms with Crippen LogP contribution >= 0.6 is 34.5 Å². The highest BCUT2D eigenvalue weighted by atomic mass is 35.5. The zero-order valence-corrected chi connectivity index (χ0v) is 17.9. The molecule has 3 aromatic rings. The normalized spacial score (nSPS) is 16.8. The third-order valence-corrected chi connectivity index (χ3v) is 6.19. The van der Waals surface area contributed by atoms with Crippen molar-refractivity contribution in [2.24, 2.45) is 0 Å². The van der Waals surface area contributed by atoms with E-state index in [1.165, 1.54) is 7.11 Å². The van der Waals surface area contributed by atoms with Crippen LogP contribution in [0.5, 0.6) is 0 Å². The van der Waals surface area contributed by atoms with E-state index in [1.807, 2.05) is 28.5 Å². The van der Waals surface area contributed by atoms with Crippen LogP contribution in [0.2, 0.25) is 10.0 Å². The Morgan fingerprint density at radius 3 is 3.03 bits per heavy atom. The van der Waals surface area contributed by atoms with Gasteiger partial charge >= 0.3 is 5.97 Å². The van der Waals surface area contributed by atoms with E-state index in [4.69, 9.17) is 32.9 Å². The number of thiophene rings is 1. The summed E-state index contributed by atoms with van der Waals surface area (Å²) in [6.07, 6.45) is 0. The maximum atomic E-state index is 11.9. The summed E-state index contributed by atoms with van der Waals surface area (Å²) in [6.45, 7) is 2.30. The van der Waals surface area contributed by atoms with Crippen molar-refractivity contribution in [2.45, 2.75) is 12.6 Å². The molecule has 1 aliphatic rings. The van der Waals surface area contributed by atoms with Crippen molar-refractivity contribution < 1.29 is 9.53 Å². The summed E-state index contributed by atoms with van der Waals surface area (Å²) in [5.74, 6) is 1.03. The monoisotopic (exact) mass is 451 g/mol. The quantitative estimate of drug-likeness (QED) is 0.573. The number of rotatable bonds is 5. The predicted octanol–water partition coefficient (Wildman–Crippen LogP) is 3.56. The van der Waals surface area contributed by atoms with Gasteiger partial charge in [-0.3, -0.25) is 4.79 Å². The SMILES string of the molecule is COC(=O)C1CN(c2nc(NCc3ccc(Cl)cc3Cl)c3sccc3n2)CCN1. The number of esters is 1. The van der Waals surface area contributed by atoms with Gasteiger partial charge in [-0.05, 0) is 29.1 Å². The summed E-state index contributed by atoms with van der Waals surface area (Å²) in [6, 6.07) is 6.98. The van der Waals surface area contributed by atoms with E-state index in [0.717, 1.165) is 21.6 Å². The summed E-state index contributed by atoms with van der Waals surface area (Å²) >= 11 is 13.8. The Kier molecular flexibility index (Phi) is 6.05. The van der Waals surface area contributed by atoms with E-state index in [2.05, 4.69) is 15.6 Å². The minimum atomic E-state index is -0.403. The highest BCUT2D eigenvalue weighted by molar-refractivity contribution is 7.17. The number of piperazine rings is 1. The summed E-state index contributed by atoms with van der Waals surface area (Å²) in [5, 5.41) is 9.72. The number of nitrogens with zero attached hydrogens (tertiary/aromatic N) is 3. The van der Waals surface area contributed by atoms with Gasteiger partial charge in [-0.1, -0.05) is 29.3 Å². The van der Waals surface area contributed by atoms with Crippen LogP contribution in [0.25, 0.3) is 10.2 Å². The number of benzene rings is 1. The van der Waals surface area contributed by atoms with Crippen LogP contribution in [0.15, 0.2) is 29.6 Å². The summed E-state index contributed by atoms with van der Waals surface area (Å²) < 4.78 is 5.83. The van der Waals surface area contributed by atoms with Crippen LogP contribution < -0.4 is 15.5 Å². The van der Waals surface area contributed by atoms with Gasteiger partial charge in [0, 0.05) is 36.2 Å². The lowest BCUT2D eigenvalue weighted by molar-refractivity contribution is -0.143. The summed E-state index contributed by atoms with van der Waals surface area (Å²) in [7, 11) is 1.39. The molecule has 1 aliphatic heterocycles. The lowest BCUT2D eigenvalue weighted by atomic mass is 10.2. The van der Waals surface area contributed by atoms with E-state index in [1.54, 1.807) is 17.4 Å². The molecule has 1 aromatic carbocycles. The molecular weight excluding hydrogens is 433 g/mol. The highest BCUT2D eigenvalue weighted by Crippen LogP contribution is 2.30. The van der Waals surface area contributed by atoms with Gasteiger partial charge in [0.05, 0.1) is 17.3 Å². The first-order chi connectivity index (χ1) is 14.0. The van der Waals surface area contributed by atoms with E-state index < -0.39 is 6.04 Å². The van der Waals surface area contributed by atoms with E-state index in [-0.39, 0.29) is 5.97 Å². The van der Waals surface area contributed by atoms with E-state index in [9.17, 15) is 4.79 Å². The van der Waals surface area contributed by atoms with Crippen molar-refractivity contribution in [2.75, 3.05) is 37.0 Å². The van der Waals surface area contributed by atoms with Gasteiger partial charge < -0.3 is 20.3 Å². The molecule has 152 valence electrons. The van der Waals surface area contributed by atoms with Crippen LogP contribution in [-0.2, 0) is 16.1 Å². The second-order valence-corrected chi connectivity index (χ2v) is 8.33. The first-order valence-corrected chi connectivity index (χ1v) is 10.7. The molecule has 1 fully saturated rings. The second-order valence-electron chi connectivity index (χ2n) is 6.57. The average Bonchev–Trinajstić information content (AvgIpc) is 3.21. The molecule has 0 spiro atoms. The van der Waals surface area contributed by atoms with Crippen molar-refractivity contribution in [3.8, 4) is 0 Å². The number of fused-ring (bicyclic) bond motifs is 1. The highest BCUT2D eigenvalue weighted by Gasteiger charge is 2.28. The number of aromatic nitrogens is 2. The number of methoxy groups -OCH3 is 1. The standard InChI is InChI=1S/C19H19Cl2N5O2S/c1-28-18(27)15-10-26(6-5-22-15)19-24-14-4-7-29-16(14)17(25-19)23-9-11-2-3-12(20)8-13(11)21/h2-4,7-8,15,22H,5-6,9-10H2,1H3,(H,23,24,25). The van der Waals surface area contributed by atoms with Crippen LogP contribution in [0, 0.1) is 0 Å². The minimum Gasteiger partial charge on any atom is -0.468 e. The molecule has 0 bridgehead atoms. The number of nitrogens with one attached hydrogen (secondary N) is 2. The van der Waals surface area contributed by atoms with Gasteiger partial charge in [-0.15, -0.1) is 11.3 Å². The van der Waals surface area contributed by atoms with Crippen molar-refractivity contribution in [3.63, 3.8) is 0 Å². The topological polar surface area (TPSA) is 79.4 Å². The average molecular weight is 452 g/mol. The minimum absolute atomic E-state index is 0.290. The van der Waals surface area contributed by atoms with Crippen LogP contribution in [0.3, 0.4) is 0 Å². The predicted molar refractivity (Wildman–Crippen MR) is 117 cm³/mol. The Balaban J connectivity index is 1.59. The molecule has 7 nitrogen and oxygen atoms in total. The first kappa shape index (κ1) is 20.2. The molecule has 2 N–H and O–H groups in total. The Morgan fingerprint density at radius 2 is 2.24 bits per heavy atom. The maximum Gasteiger partial charge on any atom is 0.324 e. The number of carbonyl (C=O) groups excluding carboxylic acids is 1. The largest absolute Gasteiger partial charge is 0.468 e. The lowest BCUT2D eigenvalue weighted by Gasteiger charge is -2.32. The molecule has 29 heavy (non-hydrogen) atoms. The van der Waals surface area contributed by atoms with Gasteiger partial charge in [0.2, 0.25) is 5.95 Å². The number of halogens is 2. The van der Waals surface area contributed by atoms with Crippen LogP contribution in [-0.4, -0.2) is 48.7 Å². The fourth-order valence-corrected chi connectivity index (χ4v) is 4.46. The van der Waals surface area contributed by atoms with Crippen molar-refractivity contribution in [1.82, 2.24) is 15.3 Å². The van der Waals surface area contributed by atoms with Gasteiger partial charge in [0.1, 0.15) is 11.9 Å². The molecular formula is C19H19Cl2N5O2S. The van der Waals surface area contributed by atoms with Crippen molar-refractivity contribution in [3.05, 3.63) is 45.3 Å². The lowest BCUT2D eigenvalue weighted by Crippen LogP contribution is -2.55. The fraction of sp³-hybridized carbons (Fsp3) is 0.316. The third-order valence-electron chi connectivity index (χ3n) is 4.70. The molecule has 1 unspecified atom stereocenters. The van der Waals surface area contributed by atoms with Crippen LogP contribution in [0.4, 0.5) is 11.8 Å². The molecule has 0 aliphatic carbocycles. The Labute approximate surface area is 182 Å². The number of carbonyl (C=O) groups is 1. The first-order valence-electron chi connectivity index (χ1n) is 9.04. The third kappa shape index (κ3) is 4.40. The maximum absolute atomic E-state index is 11.9. The number of hydrogen-bond donors (Lipinski definition) is 2. The molecule has 1 atom stereocenters. The smallest absolute Gasteiger partial charge is 0.324 e. The van der Waals surface area contributed by atoms with E-state index >= 15 is 0 Å². The molecule has 2 aromatic heterocycles. The van der Waals surface area contributed by atoms with Gasteiger partial charge in [-0.2, -0.15) is 4.98 Å². The molecule has 0 saturated carbocycles. The number of anilines is 2. The Bertz CT molecular complexity index is 1040. The molecule has 4 rings (SSSR count). The summed E-state index contributed by atoms with van der Waals surface area (Å²) in [4.78, 5) is 23.3. The molecule has 0 amide bonds. The zero-order chi connectivity index (χ0) is 20.4. The molecule has 3 heterocycles.